The van der Waals surface area contributed by atoms with E-state index in [2.05, 4.69) is 45.1 Å². The summed E-state index contributed by atoms with van der Waals surface area (Å²) in [7, 11) is 1.77. The summed E-state index contributed by atoms with van der Waals surface area (Å²) in [5.74, 6) is 0. The molecule has 1 aliphatic rings. The van der Waals surface area contributed by atoms with Crippen molar-refractivity contribution in [2.45, 2.75) is 16.6 Å². The quantitative estimate of drug-likeness (QED) is 0.713. The summed E-state index contributed by atoms with van der Waals surface area (Å²) in [6.07, 6.45) is 1.20. The summed E-state index contributed by atoms with van der Waals surface area (Å²) in [6.45, 7) is 4.08. The van der Waals surface area contributed by atoms with Crippen LogP contribution >= 0.6 is 27.7 Å². The topological polar surface area (TPSA) is 12.5 Å². The maximum Gasteiger partial charge on any atom is 0.0589 e. The summed E-state index contributed by atoms with van der Waals surface area (Å²) in [5, 5.41) is 1.72. The maximum absolute atomic E-state index is 5.18. The van der Waals surface area contributed by atoms with Gasteiger partial charge in [0.15, 0.2) is 0 Å². The normalized spacial score (nSPS) is 18.3. The first-order valence-corrected chi connectivity index (χ1v) is 8.35. The molecule has 1 aromatic rings. The van der Waals surface area contributed by atoms with Gasteiger partial charge in [-0.15, -0.1) is 11.8 Å². The van der Waals surface area contributed by atoms with Gasteiger partial charge in [0.25, 0.3) is 0 Å². The zero-order chi connectivity index (χ0) is 12.8. The molecule has 1 atom stereocenters. The van der Waals surface area contributed by atoms with Crippen LogP contribution in [0.1, 0.15) is 5.56 Å². The average molecular weight is 330 g/mol. The fraction of sp³-hybridized carbons (Fsp3) is 0.571. The molecule has 1 aromatic carbocycles. The minimum atomic E-state index is 0.693. The lowest BCUT2D eigenvalue weighted by atomic mass is 10.1. The van der Waals surface area contributed by atoms with Crippen LogP contribution in [0.4, 0.5) is 0 Å². The van der Waals surface area contributed by atoms with Crippen LogP contribution in [-0.4, -0.2) is 48.8 Å². The number of fused-ring (bicyclic) bond motifs is 1. The summed E-state index contributed by atoms with van der Waals surface area (Å²) in [4.78, 5) is 3.95. The van der Waals surface area contributed by atoms with E-state index < -0.39 is 0 Å². The van der Waals surface area contributed by atoms with Crippen molar-refractivity contribution in [3.05, 3.63) is 29.8 Å². The Labute approximate surface area is 122 Å². The highest BCUT2D eigenvalue weighted by Crippen LogP contribution is 2.36. The van der Waals surface area contributed by atoms with E-state index in [1.165, 1.54) is 16.9 Å². The van der Waals surface area contributed by atoms with Crippen molar-refractivity contribution < 1.29 is 4.74 Å². The lowest BCUT2D eigenvalue weighted by Gasteiger charge is -2.23. The monoisotopic (exact) mass is 329 g/mol. The van der Waals surface area contributed by atoms with E-state index in [1.54, 1.807) is 7.11 Å². The van der Waals surface area contributed by atoms with Crippen molar-refractivity contribution in [2.24, 2.45) is 0 Å². The number of nitrogens with zero attached hydrogens (tertiary/aromatic N) is 1. The van der Waals surface area contributed by atoms with Gasteiger partial charge < -0.3 is 4.74 Å². The molecule has 0 spiro atoms. The van der Waals surface area contributed by atoms with Crippen molar-refractivity contribution in [1.29, 1.82) is 0 Å². The van der Waals surface area contributed by atoms with Crippen molar-refractivity contribution in [2.75, 3.05) is 38.7 Å². The molecular weight excluding hydrogens is 310 g/mol. The Morgan fingerprint density at radius 1 is 1.39 bits per heavy atom. The molecule has 0 radical (unpaired) electrons. The van der Waals surface area contributed by atoms with Gasteiger partial charge in [-0.1, -0.05) is 34.1 Å². The Balaban J connectivity index is 1.86. The predicted molar refractivity (Wildman–Crippen MR) is 81.9 cm³/mol. The summed E-state index contributed by atoms with van der Waals surface area (Å²) in [6, 6.07) is 8.77. The largest absolute Gasteiger partial charge is 0.383 e. The Kier molecular flexibility index (Phi) is 6.02. The molecule has 0 aromatic heterocycles. The third-order valence-corrected chi connectivity index (χ3v) is 4.84. The van der Waals surface area contributed by atoms with Gasteiger partial charge in [0.1, 0.15) is 0 Å². The number of rotatable bonds is 7. The highest BCUT2D eigenvalue weighted by Gasteiger charge is 2.23. The molecule has 1 unspecified atom stereocenters. The first-order valence-electron chi connectivity index (χ1n) is 6.35. The maximum atomic E-state index is 5.18. The number of alkyl halides is 1. The third kappa shape index (κ3) is 3.98. The molecule has 0 saturated heterocycles. The second-order valence-electron chi connectivity index (χ2n) is 4.53. The second kappa shape index (κ2) is 7.53. The average Bonchev–Trinajstić information content (AvgIpc) is 2.78. The van der Waals surface area contributed by atoms with Crippen LogP contribution in [0, 0.1) is 0 Å². The van der Waals surface area contributed by atoms with E-state index in [9.17, 15) is 0 Å². The third-order valence-electron chi connectivity index (χ3n) is 3.19. The van der Waals surface area contributed by atoms with Gasteiger partial charge in [-0.25, -0.2) is 0 Å². The van der Waals surface area contributed by atoms with Gasteiger partial charge >= 0.3 is 0 Å². The zero-order valence-electron chi connectivity index (χ0n) is 10.8. The van der Waals surface area contributed by atoms with Gasteiger partial charge in [-0.2, -0.15) is 0 Å². The first kappa shape index (κ1) is 14.4. The minimum Gasteiger partial charge on any atom is -0.383 e. The number of benzene rings is 1. The van der Waals surface area contributed by atoms with E-state index >= 15 is 0 Å². The molecule has 0 N–H and O–H groups in total. The summed E-state index contributed by atoms with van der Waals surface area (Å²) >= 11 is 5.56. The van der Waals surface area contributed by atoms with Crippen LogP contribution in [0.3, 0.4) is 0 Å². The molecule has 0 saturated carbocycles. The smallest absolute Gasteiger partial charge is 0.0589 e. The standard InChI is InChI=1S/C14H20BrNOS/c1-17-9-8-16(7-6-15)11-13-10-12-4-2-3-5-14(12)18-13/h2-5,13H,6-11H2,1H3. The van der Waals surface area contributed by atoms with Crippen LogP contribution in [0.2, 0.25) is 0 Å². The second-order valence-corrected chi connectivity index (χ2v) is 6.67. The molecule has 2 rings (SSSR count). The van der Waals surface area contributed by atoms with Crippen LogP contribution in [0.15, 0.2) is 29.2 Å². The number of hydrogen-bond donors (Lipinski definition) is 0. The van der Waals surface area contributed by atoms with Crippen molar-refractivity contribution in [1.82, 2.24) is 4.90 Å². The van der Waals surface area contributed by atoms with Crippen molar-refractivity contribution >= 4 is 27.7 Å². The Hall–Kier alpha value is -0.0300. The lowest BCUT2D eigenvalue weighted by molar-refractivity contribution is 0.152. The number of thioether (sulfide) groups is 1. The molecule has 100 valence electrons. The minimum absolute atomic E-state index is 0.693. The molecule has 0 fully saturated rings. The van der Waals surface area contributed by atoms with Gasteiger partial charge in [0.05, 0.1) is 6.61 Å². The number of methoxy groups -OCH3 is 1. The predicted octanol–water partition coefficient (Wildman–Crippen LogP) is 3.05. The summed E-state index contributed by atoms with van der Waals surface area (Å²) in [5.41, 5.74) is 1.51. The molecule has 1 aliphatic heterocycles. The Morgan fingerprint density at radius 3 is 2.94 bits per heavy atom. The van der Waals surface area contributed by atoms with Crippen LogP contribution < -0.4 is 0 Å². The molecule has 2 nitrogen and oxygen atoms in total. The SMILES string of the molecule is COCCN(CCBr)CC1Cc2ccccc2S1. The highest BCUT2D eigenvalue weighted by atomic mass is 79.9. The van der Waals surface area contributed by atoms with E-state index in [0.29, 0.717) is 5.25 Å². The van der Waals surface area contributed by atoms with Gasteiger partial charge in [0, 0.05) is 42.2 Å². The molecule has 4 heteroatoms. The van der Waals surface area contributed by atoms with Crippen molar-refractivity contribution in [3.8, 4) is 0 Å². The molecule has 0 amide bonds. The number of ether oxygens (including phenoxy) is 1. The molecular formula is C14H20BrNOS. The molecule has 0 aliphatic carbocycles. The number of halogens is 1. The fourth-order valence-corrected chi connectivity index (χ4v) is 4.15. The van der Waals surface area contributed by atoms with E-state index in [0.717, 1.165) is 31.6 Å². The van der Waals surface area contributed by atoms with Gasteiger partial charge in [-0.05, 0) is 18.1 Å². The zero-order valence-corrected chi connectivity index (χ0v) is 13.2. The van der Waals surface area contributed by atoms with Crippen molar-refractivity contribution in [3.63, 3.8) is 0 Å². The van der Waals surface area contributed by atoms with Crippen LogP contribution in [0.5, 0.6) is 0 Å². The fourth-order valence-electron chi connectivity index (χ4n) is 2.28. The Bertz CT molecular complexity index is 350. The Morgan fingerprint density at radius 2 is 2.22 bits per heavy atom. The molecule has 18 heavy (non-hydrogen) atoms. The summed E-state index contributed by atoms with van der Waals surface area (Å²) < 4.78 is 5.18. The highest BCUT2D eigenvalue weighted by molar-refractivity contribution is 9.09. The van der Waals surface area contributed by atoms with Crippen LogP contribution in [0.25, 0.3) is 0 Å². The van der Waals surface area contributed by atoms with E-state index in [4.69, 9.17) is 4.74 Å². The van der Waals surface area contributed by atoms with Gasteiger partial charge in [0.2, 0.25) is 0 Å². The van der Waals surface area contributed by atoms with Crippen LogP contribution in [-0.2, 0) is 11.2 Å². The van der Waals surface area contributed by atoms with E-state index in [1.807, 2.05) is 11.8 Å². The van der Waals surface area contributed by atoms with E-state index in [-0.39, 0.29) is 0 Å². The first-order chi connectivity index (χ1) is 8.83. The van der Waals surface area contributed by atoms with Gasteiger partial charge in [-0.3, -0.25) is 4.90 Å². The number of hydrogen-bond acceptors (Lipinski definition) is 3. The molecule has 0 bridgehead atoms. The lowest BCUT2D eigenvalue weighted by Crippen LogP contribution is -2.35. The molecule has 1 heterocycles.